The predicted octanol–water partition coefficient (Wildman–Crippen LogP) is 7.16. The summed E-state index contributed by atoms with van der Waals surface area (Å²) >= 11 is 1.97. The maximum Gasteiger partial charge on any atom is 0.119 e. The first kappa shape index (κ1) is 21.7. The highest BCUT2D eigenvalue weighted by Gasteiger charge is 2.32. The van der Waals surface area contributed by atoms with Crippen molar-refractivity contribution in [1.82, 2.24) is 0 Å². The minimum Gasteiger partial charge on any atom is -0.491 e. The Morgan fingerprint density at radius 2 is 0.889 bits per heavy atom. The van der Waals surface area contributed by atoms with Crippen molar-refractivity contribution in [3.63, 3.8) is 0 Å². The van der Waals surface area contributed by atoms with Crippen LogP contribution in [-0.2, 0) is 9.49 Å². The summed E-state index contributed by atoms with van der Waals surface area (Å²) in [6.45, 7) is 17.3. The second kappa shape index (κ2) is 8.60. The zero-order valence-electron chi connectivity index (χ0n) is 18.0. The van der Waals surface area contributed by atoms with Crippen LogP contribution in [0.5, 0.6) is 11.5 Å². The Kier molecular flexibility index (Phi) is 6.91. The van der Waals surface area contributed by atoms with E-state index < -0.39 is 0 Å². The van der Waals surface area contributed by atoms with E-state index in [2.05, 4.69) is 76.2 Å². The van der Waals surface area contributed by atoms with Crippen molar-refractivity contribution in [3.05, 3.63) is 59.7 Å². The molecule has 0 radical (unpaired) electrons. The predicted molar refractivity (Wildman–Crippen MR) is 118 cm³/mol. The van der Waals surface area contributed by atoms with E-state index in [9.17, 15) is 0 Å². The first-order chi connectivity index (χ1) is 12.5. The lowest BCUT2D eigenvalue weighted by molar-refractivity contribution is 0.242. The molecule has 148 valence electrons. The number of rotatable bonds is 8. The van der Waals surface area contributed by atoms with Crippen LogP contribution in [0.2, 0.25) is 0 Å². The van der Waals surface area contributed by atoms with Crippen molar-refractivity contribution in [2.24, 2.45) is 0 Å². The summed E-state index contributed by atoms with van der Waals surface area (Å²) in [6.07, 6.45) is 0.389. The normalized spacial score (nSPS) is 12.5. The van der Waals surface area contributed by atoms with Gasteiger partial charge in [-0.2, -0.15) is 0 Å². The molecule has 2 nitrogen and oxygen atoms in total. The fourth-order valence-electron chi connectivity index (χ4n) is 3.17. The van der Waals surface area contributed by atoms with E-state index in [1.807, 2.05) is 39.5 Å². The molecule has 2 aromatic rings. The first-order valence-corrected chi connectivity index (χ1v) is 10.6. The summed E-state index contributed by atoms with van der Waals surface area (Å²) in [5.41, 5.74) is 2.60. The summed E-state index contributed by atoms with van der Waals surface area (Å²) in [7, 11) is 0. The minimum atomic E-state index is -0.0209. The number of hydrogen-bond donors (Lipinski definition) is 0. The lowest BCUT2D eigenvalue weighted by Crippen LogP contribution is -2.23. The summed E-state index contributed by atoms with van der Waals surface area (Å²) in [6, 6.07) is 17.0. The quantitative estimate of drug-likeness (QED) is 0.479. The van der Waals surface area contributed by atoms with Crippen LogP contribution in [0.3, 0.4) is 0 Å². The Hall–Kier alpha value is -1.61. The number of benzene rings is 2. The van der Waals surface area contributed by atoms with E-state index in [4.69, 9.17) is 9.47 Å². The molecule has 0 amide bonds. The topological polar surface area (TPSA) is 18.5 Å². The zero-order chi connectivity index (χ0) is 20.2. The van der Waals surface area contributed by atoms with Gasteiger partial charge in [0, 0.05) is 9.49 Å². The number of thioether (sulfide) groups is 1. The van der Waals surface area contributed by atoms with Crippen molar-refractivity contribution in [2.45, 2.75) is 77.1 Å². The van der Waals surface area contributed by atoms with E-state index in [0.717, 1.165) is 11.5 Å². The maximum atomic E-state index is 5.77. The Labute approximate surface area is 169 Å². The van der Waals surface area contributed by atoms with Crippen LogP contribution < -0.4 is 9.47 Å². The van der Waals surface area contributed by atoms with Gasteiger partial charge in [0.1, 0.15) is 11.5 Å². The van der Waals surface area contributed by atoms with Crippen molar-refractivity contribution in [1.29, 1.82) is 0 Å². The molecule has 2 aromatic carbocycles. The highest BCUT2D eigenvalue weighted by Crippen LogP contribution is 2.49. The Morgan fingerprint density at radius 3 is 1.15 bits per heavy atom. The maximum absolute atomic E-state index is 5.77. The molecule has 27 heavy (non-hydrogen) atoms. The van der Waals surface area contributed by atoms with Gasteiger partial charge in [-0.1, -0.05) is 24.3 Å². The minimum absolute atomic E-state index is 0.0209. The molecular formula is C24H34O2S. The average Bonchev–Trinajstić information content (AvgIpc) is 2.53. The van der Waals surface area contributed by atoms with Crippen molar-refractivity contribution in [2.75, 3.05) is 0 Å². The fraction of sp³-hybridized carbons (Fsp3) is 0.500. The number of ether oxygens (including phenoxy) is 2. The summed E-state index contributed by atoms with van der Waals surface area (Å²) in [4.78, 5) is 0. The van der Waals surface area contributed by atoms with Crippen molar-refractivity contribution < 1.29 is 9.47 Å². The molecule has 0 atom stereocenters. The third kappa shape index (κ3) is 6.21. The SMILES string of the molecule is CC(C)Oc1ccc(C(C)(C)SC(C)(C)c2ccc(OC(C)C)cc2)cc1. The van der Waals surface area contributed by atoms with Gasteiger partial charge < -0.3 is 9.47 Å². The van der Waals surface area contributed by atoms with Gasteiger partial charge in [0.2, 0.25) is 0 Å². The zero-order valence-corrected chi connectivity index (χ0v) is 18.8. The van der Waals surface area contributed by atoms with Crippen LogP contribution in [0.15, 0.2) is 48.5 Å². The van der Waals surface area contributed by atoms with Crippen LogP contribution in [0.1, 0.15) is 66.5 Å². The molecule has 0 fully saturated rings. The van der Waals surface area contributed by atoms with Crippen LogP contribution >= 0.6 is 11.8 Å². The molecule has 3 heteroatoms. The summed E-state index contributed by atoms with van der Waals surface area (Å²) in [5.74, 6) is 1.85. The van der Waals surface area contributed by atoms with Gasteiger partial charge in [0.25, 0.3) is 0 Å². The number of hydrogen-bond acceptors (Lipinski definition) is 3. The van der Waals surface area contributed by atoms with Gasteiger partial charge in [-0.3, -0.25) is 0 Å². The molecular weight excluding hydrogens is 352 g/mol. The molecule has 0 aliphatic carbocycles. The van der Waals surface area contributed by atoms with Crippen molar-refractivity contribution in [3.8, 4) is 11.5 Å². The second-order valence-electron chi connectivity index (χ2n) is 8.50. The van der Waals surface area contributed by atoms with Gasteiger partial charge in [-0.05, 0) is 90.8 Å². The molecule has 0 aromatic heterocycles. The standard InChI is InChI=1S/C24H34O2S/c1-17(2)25-21-13-9-19(10-14-21)23(5,6)27-24(7,8)20-11-15-22(16-12-20)26-18(3)4/h9-18H,1-8H3. The van der Waals surface area contributed by atoms with E-state index in [1.54, 1.807) is 0 Å². The van der Waals surface area contributed by atoms with Crippen LogP contribution in [0.25, 0.3) is 0 Å². The van der Waals surface area contributed by atoms with E-state index in [1.165, 1.54) is 11.1 Å². The summed E-state index contributed by atoms with van der Waals surface area (Å²) in [5, 5.41) is 0. The lowest BCUT2D eigenvalue weighted by Gasteiger charge is -2.35. The second-order valence-corrected chi connectivity index (χ2v) is 10.8. The molecule has 0 aliphatic heterocycles. The van der Waals surface area contributed by atoms with Gasteiger partial charge in [0.15, 0.2) is 0 Å². The van der Waals surface area contributed by atoms with Gasteiger partial charge in [-0.15, -0.1) is 11.8 Å². The molecule has 0 spiro atoms. The fourth-order valence-corrected chi connectivity index (χ4v) is 4.95. The molecule has 0 N–H and O–H groups in total. The van der Waals surface area contributed by atoms with Crippen LogP contribution in [-0.4, -0.2) is 12.2 Å². The highest BCUT2D eigenvalue weighted by atomic mass is 32.2. The third-order valence-electron chi connectivity index (χ3n) is 4.35. The first-order valence-electron chi connectivity index (χ1n) is 9.74. The Morgan fingerprint density at radius 1 is 0.593 bits per heavy atom. The van der Waals surface area contributed by atoms with E-state index in [0.29, 0.717) is 0 Å². The van der Waals surface area contributed by atoms with Crippen molar-refractivity contribution >= 4 is 11.8 Å². The van der Waals surface area contributed by atoms with Crippen LogP contribution in [0.4, 0.5) is 0 Å². The Balaban J connectivity index is 2.14. The third-order valence-corrected chi connectivity index (χ3v) is 5.84. The Bertz CT molecular complexity index is 650. The monoisotopic (exact) mass is 386 g/mol. The molecule has 0 saturated heterocycles. The molecule has 0 aliphatic rings. The molecule has 0 saturated carbocycles. The highest BCUT2D eigenvalue weighted by molar-refractivity contribution is 8.01. The molecule has 0 unspecified atom stereocenters. The van der Waals surface area contributed by atoms with Crippen LogP contribution in [0, 0.1) is 0 Å². The molecule has 2 rings (SSSR count). The molecule has 0 bridgehead atoms. The van der Waals surface area contributed by atoms with Gasteiger partial charge >= 0.3 is 0 Å². The van der Waals surface area contributed by atoms with E-state index >= 15 is 0 Å². The van der Waals surface area contributed by atoms with E-state index in [-0.39, 0.29) is 21.7 Å². The average molecular weight is 387 g/mol. The van der Waals surface area contributed by atoms with Gasteiger partial charge in [-0.25, -0.2) is 0 Å². The summed E-state index contributed by atoms with van der Waals surface area (Å²) < 4.78 is 11.5. The molecule has 0 heterocycles. The largest absolute Gasteiger partial charge is 0.491 e. The smallest absolute Gasteiger partial charge is 0.119 e. The lowest BCUT2D eigenvalue weighted by atomic mass is 10.0. The van der Waals surface area contributed by atoms with Gasteiger partial charge in [0.05, 0.1) is 12.2 Å².